The van der Waals surface area contributed by atoms with Gasteiger partial charge in [-0.05, 0) is 0 Å². The van der Waals surface area contributed by atoms with Gasteiger partial charge in [0.1, 0.15) is 5.69 Å². The third-order valence-corrected chi connectivity index (χ3v) is 3.22. The minimum absolute atomic E-state index is 0.141. The van der Waals surface area contributed by atoms with Crippen molar-refractivity contribution in [2.45, 2.75) is 6.18 Å². The molecule has 22 heavy (non-hydrogen) atoms. The minimum atomic E-state index is -4.93. The lowest BCUT2D eigenvalue weighted by atomic mass is 10.1. The van der Waals surface area contributed by atoms with Crippen LogP contribution in [0, 0.1) is 20.2 Å². The SMILES string of the molecule is O=[N+]([O-])c1cc([N+](=O)[O-])c(N2CCNCC2)c(C(F)(F)F)c1. The Bertz CT molecular complexity index is 614. The van der Waals surface area contributed by atoms with Gasteiger partial charge in [0.15, 0.2) is 0 Å². The number of rotatable bonds is 3. The van der Waals surface area contributed by atoms with Crippen molar-refractivity contribution in [1.29, 1.82) is 0 Å². The van der Waals surface area contributed by atoms with E-state index in [-0.39, 0.29) is 13.1 Å². The van der Waals surface area contributed by atoms with Crippen molar-refractivity contribution in [2.24, 2.45) is 0 Å². The lowest BCUT2D eigenvalue weighted by Crippen LogP contribution is -2.44. The Balaban J connectivity index is 2.70. The number of nitrogens with zero attached hydrogens (tertiary/aromatic N) is 3. The summed E-state index contributed by atoms with van der Waals surface area (Å²) in [4.78, 5) is 20.9. The Kier molecular flexibility index (Phi) is 4.17. The maximum Gasteiger partial charge on any atom is 0.418 e. The molecule has 0 radical (unpaired) electrons. The zero-order chi connectivity index (χ0) is 16.5. The molecule has 1 fully saturated rings. The largest absolute Gasteiger partial charge is 0.418 e. The Labute approximate surface area is 121 Å². The zero-order valence-electron chi connectivity index (χ0n) is 11.1. The van der Waals surface area contributed by atoms with Crippen LogP contribution in [0.4, 0.5) is 30.2 Å². The van der Waals surface area contributed by atoms with Crippen molar-refractivity contribution in [3.8, 4) is 0 Å². The van der Waals surface area contributed by atoms with Crippen LogP contribution >= 0.6 is 0 Å². The fourth-order valence-corrected chi connectivity index (χ4v) is 2.29. The lowest BCUT2D eigenvalue weighted by Gasteiger charge is -2.30. The van der Waals surface area contributed by atoms with Crippen molar-refractivity contribution in [1.82, 2.24) is 5.32 Å². The van der Waals surface area contributed by atoms with E-state index in [9.17, 15) is 33.4 Å². The van der Waals surface area contributed by atoms with Gasteiger partial charge in [0, 0.05) is 32.2 Å². The van der Waals surface area contributed by atoms with E-state index in [0.717, 1.165) is 0 Å². The van der Waals surface area contributed by atoms with E-state index >= 15 is 0 Å². The molecule has 0 aromatic heterocycles. The molecule has 1 aromatic rings. The number of nitro groups is 2. The molecule has 0 atom stereocenters. The predicted molar refractivity (Wildman–Crippen MR) is 69.8 cm³/mol. The summed E-state index contributed by atoms with van der Waals surface area (Å²) in [5.74, 6) is 0. The number of hydrogen-bond acceptors (Lipinski definition) is 6. The van der Waals surface area contributed by atoms with Crippen LogP contribution in [-0.2, 0) is 6.18 Å². The first-order chi connectivity index (χ1) is 10.2. The fourth-order valence-electron chi connectivity index (χ4n) is 2.29. The lowest BCUT2D eigenvalue weighted by molar-refractivity contribution is -0.394. The summed E-state index contributed by atoms with van der Waals surface area (Å²) in [7, 11) is 0. The molecule has 0 spiro atoms. The summed E-state index contributed by atoms with van der Waals surface area (Å²) >= 11 is 0. The number of alkyl halides is 3. The number of piperazine rings is 1. The highest BCUT2D eigenvalue weighted by Gasteiger charge is 2.41. The van der Waals surface area contributed by atoms with E-state index < -0.39 is 38.6 Å². The van der Waals surface area contributed by atoms with Crippen LogP contribution in [0.2, 0.25) is 0 Å². The second kappa shape index (κ2) is 5.75. The molecule has 0 unspecified atom stereocenters. The first-order valence-corrected chi connectivity index (χ1v) is 6.21. The molecule has 1 aliphatic heterocycles. The van der Waals surface area contributed by atoms with E-state index in [1.807, 2.05) is 0 Å². The Hall–Kier alpha value is -2.43. The van der Waals surface area contributed by atoms with Gasteiger partial charge >= 0.3 is 6.18 Å². The first kappa shape index (κ1) is 15.9. The van der Waals surface area contributed by atoms with Gasteiger partial charge in [-0.1, -0.05) is 0 Å². The third kappa shape index (κ3) is 3.08. The van der Waals surface area contributed by atoms with E-state index in [1.54, 1.807) is 0 Å². The van der Waals surface area contributed by atoms with Crippen molar-refractivity contribution in [3.05, 3.63) is 37.9 Å². The van der Waals surface area contributed by atoms with E-state index in [2.05, 4.69) is 5.32 Å². The van der Waals surface area contributed by atoms with Crippen LogP contribution in [0.15, 0.2) is 12.1 Å². The second-order valence-electron chi connectivity index (χ2n) is 4.61. The highest BCUT2D eigenvalue weighted by molar-refractivity contribution is 5.72. The molecule has 8 nitrogen and oxygen atoms in total. The number of halogens is 3. The maximum atomic E-state index is 13.2. The number of hydrogen-bond donors (Lipinski definition) is 1. The highest BCUT2D eigenvalue weighted by atomic mass is 19.4. The normalized spacial score (nSPS) is 15.7. The average molecular weight is 320 g/mol. The third-order valence-electron chi connectivity index (χ3n) is 3.22. The van der Waals surface area contributed by atoms with E-state index in [1.165, 1.54) is 4.90 Å². The number of nitrogens with one attached hydrogen (secondary N) is 1. The summed E-state index contributed by atoms with van der Waals surface area (Å²) in [5.41, 5.74) is -3.86. The van der Waals surface area contributed by atoms with Crippen molar-refractivity contribution in [3.63, 3.8) is 0 Å². The predicted octanol–water partition coefficient (Wildman–Crippen LogP) is 1.93. The standard InChI is InChI=1S/C11H11F3N4O4/c12-11(13,14)8-5-7(17(19)20)6-9(18(21)22)10(8)16-3-1-15-2-4-16/h5-6,15H,1-4H2. The molecule has 1 saturated heterocycles. The maximum absolute atomic E-state index is 13.2. The van der Waals surface area contributed by atoms with Crippen LogP contribution in [0.25, 0.3) is 0 Å². The average Bonchev–Trinajstić information content (AvgIpc) is 2.45. The minimum Gasteiger partial charge on any atom is -0.363 e. The molecular weight excluding hydrogens is 309 g/mol. The van der Waals surface area contributed by atoms with Crippen LogP contribution in [0.3, 0.4) is 0 Å². The molecule has 1 N–H and O–H groups in total. The Morgan fingerprint density at radius 3 is 2.14 bits per heavy atom. The zero-order valence-corrected chi connectivity index (χ0v) is 11.1. The number of anilines is 1. The van der Waals surface area contributed by atoms with Crippen molar-refractivity contribution in [2.75, 3.05) is 31.1 Å². The molecule has 0 aliphatic carbocycles. The van der Waals surface area contributed by atoms with Crippen LogP contribution in [0.5, 0.6) is 0 Å². The summed E-state index contributed by atoms with van der Waals surface area (Å²) < 4.78 is 39.6. The monoisotopic (exact) mass is 320 g/mol. The fraction of sp³-hybridized carbons (Fsp3) is 0.455. The van der Waals surface area contributed by atoms with E-state index in [4.69, 9.17) is 0 Å². The molecule has 0 bridgehead atoms. The molecule has 11 heteroatoms. The summed E-state index contributed by atoms with van der Waals surface area (Å²) in [5, 5.41) is 24.7. The van der Waals surface area contributed by atoms with E-state index in [0.29, 0.717) is 25.2 Å². The molecular formula is C11H11F3N4O4. The molecule has 120 valence electrons. The molecule has 1 heterocycles. The summed E-state index contributed by atoms with van der Waals surface area (Å²) in [6.45, 7) is 1.01. The highest BCUT2D eigenvalue weighted by Crippen LogP contribution is 2.44. The second-order valence-corrected chi connectivity index (χ2v) is 4.61. The molecule has 0 amide bonds. The topological polar surface area (TPSA) is 102 Å². The summed E-state index contributed by atoms with van der Waals surface area (Å²) in [6, 6.07) is 0.900. The number of nitro benzene ring substituents is 2. The van der Waals surface area contributed by atoms with Gasteiger partial charge in [-0.2, -0.15) is 13.2 Å². The van der Waals surface area contributed by atoms with Crippen molar-refractivity contribution >= 4 is 17.1 Å². The van der Waals surface area contributed by atoms with Crippen LogP contribution in [0.1, 0.15) is 5.56 Å². The number of non-ortho nitro benzene ring substituents is 1. The smallest absolute Gasteiger partial charge is 0.363 e. The Morgan fingerprint density at radius 1 is 1.09 bits per heavy atom. The van der Waals surface area contributed by atoms with Crippen LogP contribution < -0.4 is 10.2 Å². The number of benzene rings is 1. The van der Waals surface area contributed by atoms with Crippen molar-refractivity contribution < 1.29 is 23.0 Å². The van der Waals surface area contributed by atoms with Gasteiger partial charge in [-0.3, -0.25) is 20.2 Å². The van der Waals surface area contributed by atoms with Crippen LogP contribution in [-0.4, -0.2) is 36.0 Å². The molecule has 0 saturated carbocycles. The molecule has 1 aromatic carbocycles. The Morgan fingerprint density at radius 2 is 1.68 bits per heavy atom. The quantitative estimate of drug-likeness (QED) is 0.674. The first-order valence-electron chi connectivity index (χ1n) is 6.21. The van der Waals surface area contributed by atoms with Gasteiger partial charge in [0.2, 0.25) is 0 Å². The van der Waals surface area contributed by atoms with Gasteiger partial charge in [0.05, 0.1) is 21.5 Å². The molecule has 2 rings (SSSR count). The van der Waals surface area contributed by atoms with Gasteiger partial charge in [-0.25, -0.2) is 0 Å². The summed E-state index contributed by atoms with van der Waals surface area (Å²) in [6.07, 6.45) is -4.93. The van der Waals surface area contributed by atoms with Gasteiger partial charge in [0.25, 0.3) is 11.4 Å². The molecule has 1 aliphatic rings. The van der Waals surface area contributed by atoms with Gasteiger partial charge in [-0.15, -0.1) is 0 Å². The van der Waals surface area contributed by atoms with Gasteiger partial charge < -0.3 is 10.2 Å².